The van der Waals surface area contributed by atoms with E-state index in [2.05, 4.69) is 6.58 Å². The van der Waals surface area contributed by atoms with Crippen LogP contribution in [0.2, 0.25) is 0 Å². The number of rotatable bonds is 1. The Morgan fingerprint density at radius 2 is 2.08 bits per heavy atom. The zero-order valence-electron chi connectivity index (χ0n) is 14.3. The zero-order valence-corrected chi connectivity index (χ0v) is 14.3. The summed E-state index contributed by atoms with van der Waals surface area (Å²) in [5, 5.41) is 31.6. The molecule has 5 aliphatic rings. The molecule has 0 radical (unpaired) electrons. The van der Waals surface area contributed by atoms with E-state index in [1.54, 1.807) is 6.92 Å². The van der Waals surface area contributed by atoms with E-state index in [0.29, 0.717) is 37.7 Å². The van der Waals surface area contributed by atoms with Crippen LogP contribution >= 0.6 is 0 Å². The number of aliphatic hydroxyl groups excluding tert-OH is 1. The van der Waals surface area contributed by atoms with Gasteiger partial charge in [-0.2, -0.15) is 0 Å². The molecule has 4 bridgehead atoms. The van der Waals surface area contributed by atoms with Gasteiger partial charge in [0.1, 0.15) is 5.60 Å². The Kier molecular flexibility index (Phi) is 2.61. The van der Waals surface area contributed by atoms with Gasteiger partial charge >= 0.3 is 11.9 Å². The van der Waals surface area contributed by atoms with Crippen LogP contribution in [-0.2, 0) is 14.3 Å². The molecule has 6 heteroatoms. The van der Waals surface area contributed by atoms with Crippen molar-refractivity contribution in [2.45, 2.75) is 62.8 Å². The monoisotopic (exact) mass is 348 g/mol. The first kappa shape index (κ1) is 15.8. The fraction of sp³-hybridized carbons (Fsp3) is 0.789. The molecule has 0 amide bonds. The fourth-order valence-corrected chi connectivity index (χ4v) is 7.77. The number of esters is 1. The SMILES string of the molecule is C=C1CC23C[C@@]1(O)CC[C@H]2[C@@]12C[C@H](O)C[C@@](C)(C(=O)O1)[C@H]2[C@@H]3C(=O)O. The summed E-state index contributed by atoms with van der Waals surface area (Å²) in [6.07, 6.45) is 1.85. The quantitative estimate of drug-likeness (QED) is 0.487. The predicted molar refractivity (Wildman–Crippen MR) is 85.3 cm³/mol. The third-order valence-electron chi connectivity index (χ3n) is 8.35. The highest BCUT2D eigenvalue weighted by atomic mass is 16.6. The summed E-state index contributed by atoms with van der Waals surface area (Å²) in [5.41, 5.74) is -2.82. The molecule has 4 saturated carbocycles. The van der Waals surface area contributed by atoms with Crippen molar-refractivity contribution in [3.8, 4) is 0 Å². The molecule has 5 rings (SSSR count). The molecule has 8 atom stereocenters. The molecule has 1 aliphatic heterocycles. The van der Waals surface area contributed by atoms with Gasteiger partial charge in [0.15, 0.2) is 0 Å². The number of hydrogen-bond acceptors (Lipinski definition) is 5. The number of aliphatic hydroxyl groups is 2. The first-order chi connectivity index (χ1) is 11.6. The average Bonchev–Trinajstić information content (AvgIpc) is 2.88. The number of aliphatic carboxylic acids is 1. The van der Waals surface area contributed by atoms with Crippen molar-refractivity contribution < 1.29 is 29.6 Å². The van der Waals surface area contributed by atoms with E-state index >= 15 is 0 Å². The largest absolute Gasteiger partial charge is 0.481 e. The number of fused-ring (bicyclic) bond motifs is 1. The Labute approximate surface area is 145 Å². The molecule has 6 nitrogen and oxygen atoms in total. The summed E-state index contributed by atoms with van der Waals surface area (Å²) in [5.74, 6) is -2.64. The first-order valence-corrected chi connectivity index (χ1v) is 9.14. The van der Waals surface area contributed by atoms with Gasteiger partial charge < -0.3 is 20.1 Å². The van der Waals surface area contributed by atoms with Crippen LogP contribution in [0.4, 0.5) is 0 Å². The van der Waals surface area contributed by atoms with Gasteiger partial charge in [-0.1, -0.05) is 6.58 Å². The number of carboxylic acid groups (broad SMARTS) is 1. The van der Waals surface area contributed by atoms with Crippen LogP contribution in [0, 0.1) is 28.6 Å². The highest BCUT2D eigenvalue weighted by Gasteiger charge is 2.83. The van der Waals surface area contributed by atoms with Gasteiger partial charge in [0.25, 0.3) is 0 Å². The predicted octanol–water partition coefficient (Wildman–Crippen LogP) is 1.25. The first-order valence-electron chi connectivity index (χ1n) is 9.14. The molecule has 25 heavy (non-hydrogen) atoms. The van der Waals surface area contributed by atoms with Crippen molar-refractivity contribution in [2.75, 3.05) is 0 Å². The molecule has 1 spiro atoms. The lowest BCUT2D eigenvalue weighted by atomic mass is 9.59. The van der Waals surface area contributed by atoms with E-state index < -0.39 is 45.9 Å². The Hall–Kier alpha value is -1.40. The van der Waals surface area contributed by atoms with E-state index in [1.807, 2.05) is 0 Å². The summed E-state index contributed by atoms with van der Waals surface area (Å²) in [7, 11) is 0. The van der Waals surface area contributed by atoms with E-state index in [-0.39, 0.29) is 18.3 Å². The maximum absolute atomic E-state index is 12.7. The van der Waals surface area contributed by atoms with Gasteiger partial charge in [0.05, 0.1) is 23.0 Å². The summed E-state index contributed by atoms with van der Waals surface area (Å²) in [4.78, 5) is 25.1. The maximum Gasteiger partial charge on any atom is 0.312 e. The normalized spacial score (nSPS) is 58.7. The third kappa shape index (κ3) is 1.48. The minimum absolute atomic E-state index is 0.147. The molecule has 1 saturated heterocycles. The molecule has 5 fully saturated rings. The number of ether oxygens (including phenoxy) is 1. The van der Waals surface area contributed by atoms with Gasteiger partial charge in [0, 0.05) is 18.3 Å². The summed E-state index contributed by atoms with van der Waals surface area (Å²) in [6.45, 7) is 5.80. The molecular weight excluding hydrogens is 324 g/mol. The van der Waals surface area contributed by atoms with Crippen molar-refractivity contribution >= 4 is 11.9 Å². The highest BCUT2D eigenvalue weighted by Crippen LogP contribution is 2.78. The van der Waals surface area contributed by atoms with Crippen LogP contribution in [0.5, 0.6) is 0 Å². The summed E-state index contributed by atoms with van der Waals surface area (Å²) in [6, 6.07) is 0. The van der Waals surface area contributed by atoms with Gasteiger partial charge in [-0.25, -0.2) is 0 Å². The molecule has 1 unspecified atom stereocenters. The number of carbonyl (C=O) groups is 2. The van der Waals surface area contributed by atoms with E-state index in [1.165, 1.54) is 0 Å². The van der Waals surface area contributed by atoms with Crippen LogP contribution in [0.25, 0.3) is 0 Å². The molecule has 0 aromatic carbocycles. The summed E-state index contributed by atoms with van der Waals surface area (Å²) < 4.78 is 5.96. The van der Waals surface area contributed by atoms with Crippen molar-refractivity contribution in [2.24, 2.45) is 28.6 Å². The van der Waals surface area contributed by atoms with Crippen molar-refractivity contribution in [1.29, 1.82) is 0 Å². The second-order valence-electron chi connectivity index (χ2n) is 9.43. The Balaban J connectivity index is 1.76. The number of hydrogen-bond donors (Lipinski definition) is 3. The third-order valence-corrected chi connectivity index (χ3v) is 8.35. The van der Waals surface area contributed by atoms with E-state index in [9.17, 15) is 24.9 Å². The maximum atomic E-state index is 12.7. The van der Waals surface area contributed by atoms with Crippen LogP contribution in [-0.4, -0.2) is 44.6 Å². The lowest BCUT2D eigenvalue weighted by Crippen LogP contribution is -2.51. The molecule has 3 N–H and O–H groups in total. The average molecular weight is 348 g/mol. The van der Waals surface area contributed by atoms with Gasteiger partial charge in [-0.3, -0.25) is 9.59 Å². The van der Waals surface area contributed by atoms with Crippen molar-refractivity contribution in [3.63, 3.8) is 0 Å². The minimum Gasteiger partial charge on any atom is -0.481 e. The van der Waals surface area contributed by atoms with Crippen LogP contribution in [0.1, 0.15) is 45.4 Å². The Morgan fingerprint density at radius 1 is 1.36 bits per heavy atom. The standard InChI is InChI=1S/C19H24O6/c1-9-5-17-8-18(9,24)4-3-11(17)19-7-10(20)6-16(2,15(23)25-19)13(19)12(17)14(21)22/h10-13,20,24H,1,3-8H2,2H3,(H,21,22)/t10-,11-,12-,13-,16-,17?,18+,19-/m1/s1. The molecule has 0 aromatic heterocycles. The van der Waals surface area contributed by atoms with Crippen LogP contribution in [0.3, 0.4) is 0 Å². The molecule has 0 aromatic rings. The topological polar surface area (TPSA) is 104 Å². The minimum atomic E-state index is -1.00. The molecule has 136 valence electrons. The molecule has 1 heterocycles. The molecule has 4 aliphatic carbocycles. The Bertz CT molecular complexity index is 731. The lowest BCUT2D eigenvalue weighted by molar-refractivity contribution is -0.163. The van der Waals surface area contributed by atoms with Gasteiger partial charge in [0.2, 0.25) is 0 Å². The van der Waals surface area contributed by atoms with Crippen molar-refractivity contribution in [1.82, 2.24) is 0 Å². The van der Waals surface area contributed by atoms with Crippen LogP contribution < -0.4 is 0 Å². The smallest absolute Gasteiger partial charge is 0.312 e. The van der Waals surface area contributed by atoms with E-state index in [0.717, 1.165) is 0 Å². The zero-order chi connectivity index (χ0) is 18.0. The van der Waals surface area contributed by atoms with Gasteiger partial charge in [-0.15, -0.1) is 0 Å². The second-order valence-corrected chi connectivity index (χ2v) is 9.43. The van der Waals surface area contributed by atoms with Gasteiger partial charge in [-0.05, 0) is 50.0 Å². The van der Waals surface area contributed by atoms with Crippen LogP contribution in [0.15, 0.2) is 12.2 Å². The second kappa shape index (κ2) is 4.12. The molecular formula is C19H24O6. The van der Waals surface area contributed by atoms with E-state index in [4.69, 9.17) is 4.74 Å². The highest BCUT2D eigenvalue weighted by molar-refractivity contribution is 5.84. The summed E-state index contributed by atoms with van der Waals surface area (Å²) >= 11 is 0. The number of carboxylic acids is 1. The van der Waals surface area contributed by atoms with Crippen molar-refractivity contribution in [3.05, 3.63) is 12.2 Å². The fourth-order valence-electron chi connectivity index (χ4n) is 7.77. The number of carbonyl (C=O) groups excluding carboxylic acids is 1. The lowest BCUT2D eigenvalue weighted by Gasteiger charge is -2.46. The Morgan fingerprint density at radius 3 is 2.76 bits per heavy atom.